The highest BCUT2D eigenvalue weighted by atomic mass is 16.2. The molecule has 14 heteroatoms. The van der Waals surface area contributed by atoms with E-state index in [1.807, 2.05) is 37.5 Å². The number of para-hydroxylation sites is 1. The van der Waals surface area contributed by atoms with Gasteiger partial charge >= 0.3 is 5.69 Å². The number of anilines is 3. The predicted octanol–water partition coefficient (Wildman–Crippen LogP) is 6.23. The summed E-state index contributed by atoms with van der Waals surface area (Å²) in [5.74, 6) is 0.878. The molecule has 6 heterocycles. The van der Waals surface area contributed by atoms with Gasteiger partial charge in [-0.25, -0.2) is 14.8 Å². The first-order valence-electron chi connectivity index (χ1n) is 19.8. The number of hydrogen-bond acceptors (Lipinski definition) is 9. The van der Waals surface area contributed by atoms with Gasteiger partial charge in [-0.3, -0.25) is 24.3 Å². The van der Waals surface area contributed by atoms with Crippen LogP contribution in [-0.4, -0.2) is 78.9 Å². The maximum Gasteiger partial charge on any atom is 0.326 e. The number of fused-ring (bicyclic) bond motifs is 2. The molecule has 3 fully saturated rings. The van der Waals surface area contributed by atoms with Crippen molar-refractivity contribution >= 4 is 62.8 Å². The Morgan fingerprint density at radius 2 is 1.70 bits per heavy atom. The summed E-state index contributed by atoms with van der Waals surface area (Å²) in [4.78, 5) is 67.2. The van der Waals surface area contributed by atoms with Gasteiger partial charge in [-0.05, 0) is 98.2 Å². The summed E-state index contributed by atoms with van der Waals surface area (Å²) in [6.07, 6.45) is 17.9. The number of nitrogens with zero attached hydrogens (tertiary/aromatic N) is 7. The van der Waals surface area contributed by atoms with E-state index in [1.165, 1.54) is 12.0 Å². The minimum absolute atomic E-state index is 0.0142. The monoisotopic (exact) mass is 758 g/mol. The molecular weight excluding hydrogens is 709 g/mol. The molecule has 5 aromatic rings. The molecule has 292 valence electrons. The van der Waals surface area contributed by atoms with Crippen molar-refractivity contribution in [3.05, 3.63) is 76.6 Å². The Labute approximate surface area is 325 Å². The zero-order valence-corrected chi connectivity index (χ0v) is 32.4. The maximum absolute atomic E-state index is 13.0. The lowest BCUT2D eigenvalue weighted by Gasteiger charge is -2.44. The summed E-state index contributed by atoms with van der Waals surface area (Å²) >= 11 is 0. The Hall–Kier alpha value is -5.79. The first-order valence-corrected chi connectivity index (χ1v) is 19.8. The van der Waals surface area contributed by atoms with Crippen molar-refractivity contribution in [2.24, 2.45) is 12.5 Å². The Morgan fingerprint density at radius 1 is 0.929 bits per heavy atom. The van der Waals surface area contributed by atoms with Crippen LogP contribution in [0.1, 0.15) is 99.1 Å². The van der Waals surface area contributed by atoms with E-state index in [0.29, 0.717) is 42.1 Å². The third-order valence-electron chi connectivity index (χ3n) is 12.1. The number of rotatable bonds is 6. The van der Waals surface area contributed by atoms with Crippen LogP contribution in [0.25, 0.3) is 27.6 Å². The second-order valence-electron chi connectivity index (χ2n) is 16.0. The molecule has 2 saturated heterocycles. The van der Waals surface area contributed by atoms with Gasteiger partial charge in [0, 0.05) is 70.9 Å². The number of aromatic amines is 1. The molecule has 2 aliphatic carbocycles. The van der Waals surface area contributed by atoms with Crippen molar-refractivity contribution < 1.29 is 14.4 Å². The molecule has 2 aliphatic heterocycles. The van der Waals surface area contributed by atoms with E-state index in [0.717, 1.165) is 97.8 Å². The Morgan fingerprint density at radius 3 is 2.34 bits per heavy atom. The third-order valence-corrected chi connectivity index (χ3v) is 12.1. The Bertz CT molecular complexity index is 2360. The third kappa shape index (κ3) is 7.44. The van der Waals surface area contributed by atoms with Gasteiger partial charge in [0.1, 0.15) is 17.2 Å². The van der Waals surface area contributed by atoms with Gasteiger partial charge in [0.15, 0.2) is 0 Å². The predicted molar refractivity (Wildman–Crippen MR) is 217 cm³/mol. The smallest absolute Gasteiger partial charge is 0.326 e. The van der Waals surface area contributed by atoms with E-state index < -0.39 is 0 Å². The van der Waals surface area contributed by atoms with Gasteiger partial charge in [0.2, 0.25) is 17.8 Å². The van der Waals surface area contributed by atoms with E-state index in [4.69, 9.17) is 9.97 Å². The first kappa shape index (κ1) is 37.1. The van der Waals surface area contributed by atoms with Crippen molar-refractivity contribution in [3.8, 4) is 0 Å². The van der Waals surface area contributed by atoms with Gasteiger partial charge in [-0.1, -0.05) is 25.0 Å². The molecule has 0 atom stereocenters. The lowest BCUT2D eigenvalue weighted by molar-refractivity contribution is -0.132. The largest absolute Gasteiger partial charge is 0.370 e. The molecule has 0 radical (unpaired) electrons. The minimum atomic E-state index is -0.138. The number of hydrogen-bond donors (Lipinski definition) is 3. The molecule has 0 bridgehead atoms. The lowest BCUT2D eigenvalue weighted by Crippen LogP contribution is -2.41. The van der Waals surface area contributed by atoms with E-state index in [-0.39, 0.29) is 29.5 Å². The number of imide groups is 1. The number of carbonyl (C=O) groups is 3. The molecule has 9 rings (SSSR count). The fourth-order valence-electron chi connectivity index (χ4n) is 8.88. The van der Waals surface area contributed by atoms with Crippen LogP contribution < -0.4 is 21.2 Å². The molecule has 14 nitrogen and oxygen atoms in total. The van der Waals surface area contributed by atoms with Crippen molar-refractivity contribution in [1.29, 1.82) is 0 Å². The van der Waals surface area contributed by atoms with E-state index in [9.17, 15) is 19.2 Å². The zero-order valence-electron chi connectivity index (χ0n) is 32.4. The van der Waals surface area contributed by atoms with Crippen LogP contribution in [-0.2, 0) is 16.6 Å². The average Bonchev–Trinajstić information content (AvgIpc) is 3.93. The molecule has 0 unspecified atom stereocenters. The van der Waals surface area contributed by atoms with Crippen molar-refractivity contribution in [3.63, 3.8) is 0 Å². The number of pyridine rings is 1. The maximum atomic E-state index is 13.0. The SMILES string of the molecule is CN(C)C(=O)c1cc2cnc(Nc3ccc(C4=CCC5(CC4)CCN(c4cccc6[nH]c(=O)n(C)c46)CC5)cn3)nc2n1C1CCCC1.O=C1CCCC(=O)N1. The summed E-state index contributed by atoms with van der Waals surface area (Å²) in [5, 5.41) is 6.37. The van der Waals surface area contributed by atoms with Crippen molar-refractivity contribution in [1.82, 2.24) is 39.3 Å². The highest BCUT2D eigenvalue weighted by Gasteiger charge is 2.36. The molecule has 4 aromatic heterocycles. The van der Waals surface area contributed by atoms with E-state index >= 15 is 0 Å². The van der Waals surface area contributed by atoms with Crippen LogP contribution in [0.15, 0.2) is 59.7 Å². The number of piperidine rings is 2. The van der Waals surface area contributed by atoms with E-state index in [2.05, 4.69) is 48.3 Å². The zero-order chi connectivity index (χ0) is 39.0. The average molecular weight is 759 g/mol. The van der Waals surface area contributed by atoms with Crippen molar-refractivity contribution in [2.75, 3.05) is 37.4 Å². The number of imidazole rings is 1. The highest BCUT2D eigenvalue weighted by Crippen LogP contribution is 2.47. The normalized spacial score (nSPS) is 18.5. The number of H-pyrrole nitrogens is 1. The summed E-state index contributed by atoms with van der Waals surface area (Å²) < 4.78 is 3.86. The number of aromatic nitrogens is 6. The van der Waals surface area contributed by atoms with Crippen LogP contribution in [0, 0.1) is 5.41 Å². The van der Waals surface area contributed by atoms with Gasteiger partial charge in [-0.2, -0.15) is 4.98 Å². The fourth-order valence-corrected chi connectivity index (χ4v) is 8.88. The number of amides is 3. The Kier molecular flexibility index (Phi) is 10.2. The number of benzene rings is 1. The standard InChI is InChI=1S/C37H43N9O2.C5H7NO2/c1-43(2)34(47)30-21-26-23-39-35(42-33(26)46(30)27-7-4-5-8-27)41-31-12-11-25(22-38-31)24-13-15-37(16-14-24)17-19-45(20-18-37)29-10-6-9-28-32(29)44(3)36(48)40-28;7-4-2-1-3-5(8)6-4/h6,9-13,21-23,27H,4-5,7-8,14-20H2,1-3H3,(H,40,48)(H,38,39,41,42);1-3H2,(H,6,7,8). The van der Waals surface area contributed by atoms with Crippen LogP contribution >= 0.6 is 0 Å². The van der Waals surface area contributed by atoms with Gasteiger partial charge < -0.3 is 24.7 Å². The molecule has 3 N–H and O–H groups in total. The second kappa shape index (κ2) is 15.4. The van der Waals surface area contributed by atoms with Crippen LogP contribution in [0.3, 0.4) is 0 Å². The van der Waals surface area contributed by atoms with Crippen LogP contribution in [0.5, 0.6) is 0 Å². The van der Waals surface area contributed by atoms with Gasteiger partial charge in [0.25, 0.3) is 5.91 Å². The topological polar surface area (TPSA) is 163 Å². The summed E-state index contributed by atoms with van der Waals surface area (Å²) in [6, 6.07) is 12.5. The van der Waals surface area contributed by atoms with E-state index in [1.54, 1.807) is 29.8 Å². The molecule has 1 aromatic carbocycles. The Balaban J connectivity index is 0.000000493. The number of carbonyl (C=O) groups excluding carboxylic acids is 3. The molecule has 1 saturated carbocycles. The minimum Gasteiger partial charge on any atom is -0.370 e. The number of nitrogens with one attached hydrogen (secondary N) is 3. The van der Waals surface area contributed by atoms with Gasteiger partial charge in [0.05, 0.1) is 16.7 Å². The molecular formula is C42H50N10O4. The first-order chi connectivity index (χ1) is 27.1. The number of allylic oxidation sites excluding steroid dienone is 2. The molecule has 4 aliphatic rings. The van der Waals surface area contributed by atoms with Crippen LogP contribution in [0.4, 0.5) is 17.5 Å². The highest BCUT2D eigenvalue weighted by molar-refractivity contribution is 5.98. The summed E-state index contributed by atoms with van der Waals surface area (Å²) in [6.45, 7) is 1.99. The molecule has 1 spiro atoms. The number of aryl methyl sites for hydroxylation is 1. The fraction of sp³-hybridized carbons (Fsp3) is 0.452. The second-order valence-corrected chi connectivity index (χ2v) is 16.0. The summed E-state index contributed by atoms with van der Waals surface area (Å²) in [7, 11) is 5.42. The molecule has 56 heavy (non-hydrogen) atoms. The molecule has 3 amide bonds. The summed E-state index contributed by atoms with van der Waals surface area (Å²) in [5.41, 5.74) is 7.28. The van der Waals surface area contributed by atoms with Crippen molar-refractivity contribution in [2.45, 2.75) is 83.1 Å². The quantitative estimate of drug-likeness (QED) is 0.170. The van der Waals surface area contributed by atoms with Gasteiger partial charge in [-0.15, -0.1) is 0 Å². The lowest BCUT2D eigenvalue weighted by atomic mass is 9.68. The van der Waals surface area contributed by atoms with Crippen LogP contribution in [0.2, 0.25) is 0 Å².